The van der Waals surface area contributed by atoms with E-state index in [-0.39, 0.29) is 11.7 Å². The highest BCUT2D eigenvalue weighted by molar-refractivity contribution is 5.92. The smallest absolute Gasteiger partial charge is 0.272 e. The first-order valence-corrected chi connectivity index (χ1v) is 7.36. The number of para-hydroxylation sites is 1. The summed E-state index contributed by atoms with van der Waals surface area (Å²) in [5.74, 6) is -0.278. The van der Waals surface area contributed by atoms with Crippen molar-refractivity contribution in [3.8, 4) is 0 Å². The number of aryl methyl sites for hydroxylation is 1. The van der Waals surface area contributed by atoms with Gasteiger partial charge in [0.05, 0.1) is 5.69 Å². The molecule has 0 aliphatic carbocycles. The van der Waals surface area contributed by atoms with Crippen LogP contribution in [0.1, 0.15) is 16.1 Å². The number of benzene rings is 1. The monoisotopic (exact) mass is 299 g/mol. The van der Waals surface area contributed by atoms with Crippen molar-refractivity contribution >= 4 is 11.6 Å². The van der Waals surface area contributed by atoms with Gasteiger partial charge in [-0.3, -0.25) is 9.78 Å². The summed E-state index contributed by atoms with van der Waals surface area (Å²) in [6, 6.07) is 10.4. The van der Waals surface area contributed by atoms with Gasteiger partial charge in [-0.2, -0.15) is 0 Å². The zero-order valence-electron chi connectivity index (χ0n) is 12.5. The lowest BCUT2D eigenvalue weighted by atomic mass is 10.2. The van der Waals surface area contributed by atoms with Crippen molar-refractivity contribution in [1.29, 1.82) is 0 Å². The second kappa shape index (κ2) is 6.13. The van der Waals surface area contributed by atoms with Gasteiger partial charge in [-0.1, -0.05) is 12.1 Å². The highest BCUT2D eigenvalue weighted by atomic mass is 19.1. The lowest BCUT2D eigenvalue weighted by Gasteiger charge is -2.36. The van der Waals surface area contributed by atoms with Crippen LogP contribution in [0.2, 0.25) is 0 Å². The van der Waals surface area contributed by atoms with Crippen molar-refractivity contribution in [3.63, 3.8) is 0 Å². The molecule has 22 heavy (non-hydrogen) atoms. The van der Waals surface area contributed by atoms with E-state index in [1.54, 1.807) is 29.3 Å². The number of halogens is 1. The van der Waals surface area contributed by atoms with Gasteiger partial charge >= 0.3 is 0 Å². The third-order valence-corrected chi connectivity index (χ3v) is 3.89. The molecular weight excluding hydrogens is 281 g/mol. The van der Waals surface area contributed by atoms with Gasteiger partial charge < -0.3 is 9.80 Å². The third-order valence-electron chi connectivity index (χ3n) is 3.89. The Morgan fingerprint density at radius 3 is 2.55 bits per heavy atom. The molecule has 1 aliphatic heterocycles. The number of hydrogen-bond acceptors (Lipinski definition) is 3. The van der Waals surface area contributed by atoms with Gasteiger partial charge in [-0.05, 0) is 36.8 Å². The molecule has 2 aromatic rings. The molecule has 114 valence electrons. The zero-order valence-corrected chi connectivity index (χ0v) is 12.5. The first-order chi connectivity index (χ1) is 10.6. The fraction of sp³-hybridized carbons (Fsp3) is 0.294. The lowest BCUT2D eigenvalue weighted by Crippen LogP contribution is -2.49. The molecule has 0 atom stereocenters. The van der Waals surface area contributed by atoms with E-state index in [2.05, 4.69) is 4.98 Å². The lowest BCUT2D eigenvalue weighted by molar-refractivity contribution is 0.0740. The molecule has 0 radical (unpaired) electrons. The normalized spacial score (nSPS) is 15.0. The highest BCUT2D eigenvalue weighted by Gasteiger charge is 2.24. The number of amides is 1. The van der Waals surface area contributed by atoms with Crippen molar-refractivity contribution in [2.75, 3.05) is 31.1 Å². The Labute approximate surface area is 129 Å². The number of pyridine rings is 1. The minimum atomic E-state index is -0.220. The average Bonchev–Trinajstić information content (AvgIpc) is 2.55. The second-order valence-corrected chi connectivity index (χ2v) is 5.45. The minimum absolute atomic E-state index is 0.0584. The van der Waals surface area contributed by atoms with E-state index in [0.717, 1.165) is 5.56 Å². The summed E-state index contributed by atoms with van der Waals surface area (Å²) >= 11 is 0. The second-order valence-electron chi connectivity index (χ2n) is 5.45. The van der Waals surface area contributed by atoms with Crippen molar-refractivity contribution < 1.29 is 9.18 Å². The molecule has 5 heteroatoms. The molecule has 0 saturated carbocycles. The Morgan fingerprint density at radius 2 is 1.86 bits per heavy atom. The molecule has 1 aliphatic rings. The number of carbonyl (C=O) groups is 1. The van der Waals surface area contributed by atoms with E-state index in [1.165, 1.54) is 6.07 Å². The Kier molecular flexibility index (Phi) is 4.04. The van der Waals surface area contributed by atoms with Crippen LogP contribution < -0.4 is 4.90 Å². The predicted molar refractivity (Wildman–Crippen MR) is 83.5 cm³/mol. The van der Waals surface area contributed by atoms with Crippen molar-refractivity contribution in [1.82, 2.24) is 9.88 Å². The number of anilines is 1. The summed E-state index contributed by atoms with van der Waals surface area (Å²) in [6.07, 6.45) is 1.65. The molecule has 2 heterocycles. The Hall–Kier alpha value is -2.43. The molecule has 1 saturated heterocycles. The topological polar surface area (TPSA) is 36.4 Å². The number of aromatic nitrogens is 1. The highest BCUT2D eigenvalue weighted by Crippen LogP contribution is 2.20. The van der Waals surface area contributed by atoms with Crippen LogP contribution in [0.5, 0.6) is 0 Å². The number of piperazine rings is 1. The van der Waals surface area contributed by atoms with Crippen molar-refractivity contribution in [2.24, 2.45) is 0 Å². The van der Waals surface area contributed by atoms with Gasteiger partial charge in [-0.25, -0.2) is 4.39 Å². The molecule has 4 nitrogen and oxygen atoms in total. The largest absolute Gasteiger partial charge is 0.366 e. The molecule has 0 bridgehead atoms. The van der Waals surface area contributed by atoms with E-state index in [9.17, 15) is 9.18 Å². The van der Waals surface area contributed by atoms with Gasteiger partial charge in [0.2, 0.25) is 0 Å². The first kappa shape index (κ1) is 14.5. The zero-order chi connectivity index (χ0) is 15.5. The molecule has 0 unspecified atom stereocenters. The van der Waals surface area contributed by atoms with Gasteiger partial charge in [0.25, 0.3) is 5.91 Å². The summed E-state index contributed by atoms with van der Waals surface area (Å²) in [5.41, 5.74) is 2.09. The van der Waals surface area contributed by atoms with Crippen LogP contribution in [0.4, 0.5) is 10.1 Å². The van der Waals surface area contributed by atoms with Crippen LogP contribution in [0.3, 0.4) is 0 Å². The standard InChI is InChI=1S/C17H18FN3O/c1-13-6-7-19-15(12-13)17(22)21-10-8-20(9-11-21)16-5-3-2-4-14(16)18/h2-7,12H,8-11H2,1H3. The van der Waals surface area contributed by atoms with E-state index < -0.39 is 0 Å². The number of rotatable bonds is 2. The number of carbonyl (C=O) groups excluding carboxylic acids is 1. The summed E-state index contributed by atoms with van der Waals surface area (Å²) in [6.45, 7) is 4.33. The maximum absolute atomic E-state index is 13.8. The maximum Gasteiger partial charge on any atom is 0.272 e. The molecule has 1 fully saturated rings. The van der Waals surface area contributed by atoms with Crippen LogP contribution >= 0.6 is 0 Å². The van der Waals surface area contributed by atoms with E-state index >= 15 is 0 Å². The van der Waals surface area contributed by atoms with Crippen LogP contribution in [0.15, 0.2) is 42.6 Å². The summed E-state index contributed by atoms with van der Waals surface area (Å²) < 4.78 is 13.8. The van der Waals surface area contributed by atoms with Crippen LogP contribution in [0.25, 0.3) is 0 Å². The van der Waals surface area contributed by atoms with E-state index in [4.69, 9.17) is 0 Å². The Bertz CT molecular complexity index is 681. The predicted octanol–water partition coefficient (Wildman–Crippen LogP) is 2.49. The summed E-state index contributed by atoms with van der Waals surface area (Å²) in [5, 5.41) is 0. The molecule has 1 aromatic heterocycles. The first-order valence-electron chi connectivity index (χ1n) is 7.36. The molecule has 0 spiro atoms. The fourth-order valence-corrected chi connectivity index (χ4v) is 2.67. The maximum atomic E-state index is 13.8. The van der Waals surface area contributed by atoms with Gasteiger partial charge in [0.15, 0.2) is 0 Å². The Morgan fingerprint density at radius 1 is 1.14 bits per heavy atom. The molecule has 0 N–H and O–H groups in total. The third kappa shape index (κ3) is 2.93. The van der Waals surface area contributed by atoms with Crippen molar-refractivity contribution in [3.05, 3.63) is 59.7 Å². The van der Waals surface area contributed by atoms with Crippen molar-refractivity contribution in [2.45, 2.75) is 6.92 Å². The number of nitrogens with zero attached hydrogens (tertiary/aromatic N) is 3. The summed E-state index contributed by atoms with van der Waals surface area (Å²) in [7, 11) is 0. The van der Waals surface area contributed by atoms with Gasteiger partial charge in [0, 0.05) is 32.4 Å². The van der Waals surface area contributed by atoms with E-state index in [0.29, 0.717) is 37.6 Å². The molecule has 1 aromatic carbocycles. The van der Waals surface area contributed by atoms with Crippen LogP contribution in [-0.2, 0) is 0 Å². The Balaban J connectivity index is 1.67. The van der Waals surface area contributed by atoms with E-state index in [1.807, 2.05) is 24.0 Å². The average molecular weight is 299 g/mol. The SMILES string of the molecule is Cc1ccnc(C(=O)N2CCN(c3ccccc3F)CC2)c1. The fourth-order valence-electron chi connectivity index (χ4n) is 2.67. The number of hydrogen-bond donors (Lipinski definition) is 0. The molecule has 3 rings (SSSR count). The molecular formula is C17H18FN3O. The van der Waals surface area contributed by atoms with Crippen LogP contribution in [-0.4, -0.2) is 42.0 Å². The summed E-state index contributed by atoms with van der Waals surface area (Å²) in [4.78, 5) is 20.3. The van der Waals surface area contributed by atoms with Gasteiger partial charge in [0.1, 0.15) is 11.5 Å². The molecule has 1 amide bonds. The van der Waals surface area contributed by atoms with Crippen LogP contribution in [0, 0.1) is 12.7 Å². The van der Waals surface area contributed by atoms with Gasteiger partial charge in [-0.15, -0.1) is 0 Å². The minimum Gasteiger partial charge on any atom is -0.366 e. The quantitative estimate of drug-likeness (QED) is 0.855.